The van der Waals surface area contributed by atoms with Gasteiger partial charge in [0.15, 0.2) is 17.4 Å². The monoisotopic (exact) mass is 182 g/mol. The number of aromatic nitrogens is 2. The Labute approximate surface area is 75.7 Å². The van der Waals surface area contributed by atoms with Crippen LogP contribution in [-0.4, -0.2) is 30.0 Å². The summed E-state index contributed by atoms with van der Waals surface area (Å²) in [5.41, 5.74) is 0. The van der Waals surface area contributed by atoms with Crippen molar-refractivity contribution in [3.8, 4) is 11.6 Å². The van der Waals surface area contributed by atoms with Crippen LogP contribution in [0.2, 0.25) is 0 Å². The zero-order valence-corrected chi connectivity index (χ0v) is 7.70. The van der Waals surface area contributed by atoms with Crippen LogP contribution in [-0.2, 0) is 0 Å². The Kier molecular flexibility index (Phi) is 2.79. The van der Waals surface area contributed by atoms with E-state index in [2.05, 4.69) is 9.97 Å². The molecule has 0 aliphatic carbocycles. The Hall–Kier alpha value is -1.65. The summed E-state index contributed by atoms with van der Waals surface area (Å²) in [6.07, 6.45) is 1.41. The van der Waals surface area contributed by atoms with Crippen molar-refractivity contribution in [2.75, 3.05) is 14.2 Å². The van der Waals surface area contributed by atoms with Crippen molar-refractivity contribution in [3.05, 3.63) is 12.0 Å². The first-order valence-electron chi connectivity index (χ1n) is 3.65. The van der Waals surface area contributed by atoms with E-state index in [1.54, 1.807) is 0 Å². The topological polar surface area (TPSA) is 61.3 Å². The maximum Gasteiger partial charge on any atom is 0.260 e. The van der Waals surface area contributed by atoms with Gasteiger partial charge in [0.2, 0.25) is 0 Å². The van der Waals surface area contributed by atoms with Crippen LogP contribution in [0, 0.1) is 0 Å². The molecule has 0 N–H and O–H groups in total. The van der Waals surface area contributed by atoms with Crippen LogP contribution >= 0.6 is 0 Å². The van der Waals surface area contributed by atoms with Gasteiger partial charge in [-0.2, -0.15) is 4.98 Å². The van der Waals surface area contributed by atoms with E-state index in [9.17, 15) is 4.79 Å². The van der Waals surface area contributed by atoms with Crippen LogP contribution in [0.15, 0.2) is 6.20 Å². The highest BCUT2D eigenvalue weighted by atomic mass is 16.5. The van der Waals surface area contributed by atoms with E-state index in [4.69, 9.17) is 9.47 Å². The number of Topliss-reactive ketones (excluding diaryl/α,β-unsaturated/α-hetero) is 1. The molecule has 5 heteroatoms. The van der Waals surface area contributed by atoms with Crippen molar-refractivity contribution >= 4 is 5.78 Å². The first-order valence-corrected chi connectivity index (χ1v) is 3.65. The normalized spacial score (nSPS) is 9.46. The van der Waals surface area contributed by atoms with E-state index < -0.39 is 0 Å². The first kappa shape index (κ1) is 9.44. The first-order chi connectivity index (χ1) is 6.19. The van der Waals surface area contributed by atoms with Crippen LogP contribution in [0.4, 0.5) is 0 Å². The molecule has 70 valence electrons. The van der Waals surface area contributed by atoms with E-state index in [1.165, 1.54) is 27.3 Å². The third-order valence-electron chi connectivity index (χ3n) is 1.45. The molecule has 0 atom stereocenters. The number of carbonyl (C=O) groups is 1. The third kappa shape index (κ3) is 1.93. The molecule has 0 aliphatic heterocycles. The summed E-state index contributed by atoms with van der Waals surface area (Å²) in [5.74, 6) is 0.591. The van der Waals surface area contributed by atoms with E-state index in [0.717, 1.165) is 0 Å². The van der Waals surface area contributed by atoms with Crippen molar-refractivity contribution < 1.29 is 14.3 Å². The molecule has 0 radical (unpaired) electrons. The number of ether oxygens (including phenoxy) is 2. The second-order valence-electron chi connectivity index (χ2n) is 2.33. The third-order valence-corrected chi connectivity index (χ3v) is 1.45. The molecule has 0 fully saturated rings. The van der Waals surface area contributed by atoms with Crippen molar-refractivity contribution in [1.29, 1.82) is 0 Å². The second kappa shape index (κ2) is 3.84. The number of ketones is 1. The molecule has 0 aliphatic rings. The van der Waals surface area contributed by atoms with Crippen LogP contribution in [0.5, 0.6) is 11.6 Å². The summed E-state index contributed by atoms with van der Waals surface area (Å²) in [4.78, 5) is 18.5. The molecule has 0 saturated carbocycles. The summed E-state index contributed by atoms with van der Waals surface area (Å²) < 4.78 is 9.81. The lowest BCUT2D eigenvalue weighted by atomic mass is 10.4. The molecule has 13 heavy (non-hydrogen) atoms. The molecule has 0 saturated heterocycles. The number of hydrogen-bond donors (Lipinski definition) is 0. The second-order valence-corrected chi connectivity index (χ2v) is 2.33. The minimum Gasteiger partial charge on any atom is -0.490 e. The van der Waals surface area contributed by atoms with Gasteiger partial charge < -0.3 is 9.47 Å². The van der Waals surface area contributed by atoms with Gasteiger partial charge in [-0.25, -0.2) is 4.98 Å². The average Bonchev–Trinajstić information content (AvgIpc) is 2.16. The summed E-state index contributed by atoms with van der Waals surface area (Å²) in [6.45, 7) is 1.39. The summed E-state index contributed by atoms with van der Waals surface area (Å²) in [6, 6.07) is 0. The zero-order valence-electron chi connectivity index (χ0n) is 7.70. The lowest BCUT2D eigenvalue weighted by molar-refractivity contribution is 0.100. The van der Waals surface area contributed by atoms with Gasteiger partial charge in [-0.15, -0.1) is 0 Å². The SMILES string of the molecule is COc1cnc(C(C)=O)nc1OC. The molecule has 0 spiro atoms. The highest BCUT2D eigenvalue weighted by Crippen LogP contribution is 2.21. The van der Waals surface area contributed by atoms with Crippen molar-refractivity contribution in [3.63, 3.8) is 0 Å². The Morgan fingerprint density at radius 2 is 2.08 bits per heavy atom. The number of methoxy groups -OCH3 is 2. The molecule has 0 unspecified atom stereocenters. The maximum absolute atomic E-state index is 10.9. The van der Waals surface area contributed by atoms with Gasteiger partial charge >= 0.3 is 0 Å². The lowest BCUT2D eigenvalue weighted by Gasteiger charge is -2.05. The van der Waals surface area contributed by atoms with Crippen LogP contribution in [0.25, 0.3) is 0 Å². The molecule has 1 aromatic rings. The van der Waals surface area contributed by atoms with Crippen molar-refractivity contribution in [1.82, 2.24) is 9.97 Å². The van der Waals surface area contributed by atoms with Crippen LogP contribution in [0.1, 0.15) is 17.5 Å². The van der Waals surface area contributed by atoms with Gasteiger partial charge in [0.25, 0.3) is 5.88 Å². The Morgan fingerprint density at radius 1 is 1.38 bits per heavy atom. The van der Waals surface area contributed by atoms with E-state index in [1.807, 2.05) is 0 Å². The van der Waals surface area contributed by atoms with Crippen molar-refractivity contribution in [2.45, 2.75) is 6.92 Å². The van der Waals surface area contributed by atoms with Gasteiger partial charge in [0.1, 0.15) is 0 Å². The number of carbonyl (C=O) groups excluding carboxylic acids is 1. The molecular formula is C8H10N2O3. The average molecular weight is 182 g/mol. The highest BCUT2D eigenvalue weighted by Gasteiger charge is 2.09. The van der Waals surface area contributed by atoms with E-state index in [-0.39, 0.29) is 17.5 Å². The predicted octanol–water partition coefficient (Wildman–Crippen LogP) is 0.696. The maximum atomic E-state index is 10.9. The summed E-state index contributed by atoms with van der Waals surface area (Å²) in [7, 11) is 2.93. The molecule has 0 amide bonds. The number of hydrogen-bond acceptors (Lipinski definition) is 5. The quantitative estimate of drug-likeness (QED) is 0.644. The van der Waals surface area contributed by atoms with Gasteiger partial charge in [-0.05, 0) is 0 Å². The van der Waals surface area contributed by atoms with Crippen LogP contribution < -0.4 is 9.47 Å². The number of rotatable bonds is 3. The molecule has 1 heterocycles. The Balaban J connectivity index is 3.13. The molecule has 1 rings (SSSR count). The fourth-order valence-corrected chi connectivity index (χ4v) is 0.811. The molecule has 0 aromatic carbocycles. The smallest absolute Gasteiger partial charge is 0.260 e. The van der Waals surface area contributed by atoms with E-state index >= 15 is 0 Å². The summed E-state index contributed by atoms with van der Waals surface area (Å²) >= 11 is 0. The minimum atomic E-state index is -0.207. The molecule has 5 nitrogen and oxygen atoms in total. The van der Waals surface area contributed by atoms with Crippen molar-refractivity contribution in [2.24, 2.45) is 0 Å². The summed E-state index contributed by atoms with van der Waals surface area (Å²) in [5, 5.41) is 0. The predicted molar refractivity (Wildman–Crippen MR) is 45.1 cm³/mol. The highest BCUT2D eigenvalue weighted by molar-refractivity contribution is 5.90. The van der Waals surface area contributed by atoms with Gasteiger partial charge in [0.05, 0.1) is 20.4 Å². The standard InChI is InChI=1S/C8H10N2O3/c1-5(11)7-9-4-6(12-2)8(10-7)13-3/h4H,1-3H3. The minimum absolute atomic E-state index is 0.123. The molecular weight excluding hydrogens is 172 g/mol. The fraction of sp³-hybridized carbons (Fsp3) is 0.375. The Bertz CT molecular complexity index is 325. The Morgan fingerprint density at radius 3 is 2.54 bits per heavy atom. The van der Waals surface area contributed by atoms with Gasteiger partial charge in [-0.3, -0.25) is 4.79 Å². The molecule has 0 bridgehead atoms. The largest absolute Gasteiger partial charge is 0.490 e. The van der Waals surface area contributed by atoms with Gasteiger partial charge in [0, 0.05) is 6.92 Å². The fourth-order valence-electron chi connectivity index (χ4n) is 0.811. The molecule has 1 aromatic heterocycles. The van der Waals surface area contributed by atoms with Crippen LogP contribution in [0.3, 0.4) is 0 Å². The zero-order chi connectivity index (χ0) is 9.84. The number of nitrogens with zero attached hydrogens (tertiary/aromatic N) is 2. The van der Waals surface area contributed by atoms with Gasteiger partial charge in [-0.1, -0.05) is 0 Å². The lowest BCUT2D eigenvalue weighted by Crippen LogP contribution is -2.03. The van der Waals surface area contributed by atoms with E-state index in [0.29, 0.717) is 5.75 Å².